The van der Waals surface area contributed by atoms with Crippen LogP contribution >= 0.6 is 0 Å². The molecule has 0 aromatic heterocycles. The van der Waals surface area contributed by atoms with E-state index >= 15 is 0 Å². The highest BCUT2D eigenvalue weighted by Gasteiger charge is 2.42. The molecular weight excluding hydrogens is 130 g/mol. The van der Waals surface area contributed by atoms with Crippen LogP contribution in [0.5, 0.6) is 0 Å². The van der Waals surface area contributed by atoms with Gasteiger partial charge in [0.25, 0.3) is 0 Å². The van der Waals surface area contributed by atoms with Crippen LogP contribution in [0.1, 0.15) is 19.3 Å². The predicted molar refractivity (Wildman–Crippen MR) is 35.7 cm³/mol. The van der Waals surface area contributed by atoms with Gasteiger partial charge < -0.3 is 10.4 Å². The number of carboxylic acid groups (broad SMARTS) is 1. The first-order valence-electron chi connectivity index (χ1n) is 3.76. The molecule has 0 spiro atoms. The Balaban J connectivity index is 1.98. The highest BCUT2D eigenvalue weighted by atomic mass is 16.4. The van der Waals surface area contributed by atoms with Crippen molar-refractivity contribution in [2.45, 2.75) is 31.3 Å². The second-order valence-corrected chi connectivity index (χ2v) is 3.24. The first-order valence-corrected chi connectivity index (χ1v) is 3.76. The molecule has 3 nitrogen and oxygen atoms in total. The molecule has 1 aliphatic carbocycles. The van der Waals surface area contributed by atoms with E-state index in [-0.39, 0.29) is 6.04 Å². The topological polar surface area (TPSA) is 49.3 Å². The second kappa shape index (κ2) is 1.95. The lowest BCUT2D eigenvalue weighted by molar-refractivity contribution is -0.139. The maximum atomic E-state index is 10.5. The molecule has 0 amide bonds. The molecule has 2 rings (SSSR count). The summed E-state index contributed by atoms with van der Waals surface area (Å²) in [5.41, 5.74) is 0. The van der Waals surface area contributed by atoms with Crippen LogP contribution in [0.4, 0.5) is 0 Å². The van der Waals surface area contributed by atoms with Crippen molar-refractivity contribution >= 4 is 5.97 Å². The van der Waals surface area contributed by atoms with E-state index in [4.69, 9.17) is 5.11 Å². The number of carbonyl (C=O) groups is 1. The van der Waals surface area contributed by atoms with Crippen LogP contribution in [0, 0.1) is 5.92 Å². The highest BCUT2D eigenvalue weighted by Crippen LogP contribution is 2.36. The maximum Gasteiger partial charge on any atom is 0.320 e. The molecule has 0 aromatic carbocycles. The summed E-state index contributed by atoms with van der Waals surface area (Å²) in [5.74, 6) is -0.0181. The van der Waals surface area contributed by atoms with E-state index in [9.17, 15) is 4.79 Å². The van der Waals surface area contributed by atoms with Gasteiger partial charge in [0.2, 0.25) is 0 Å². The molecule has 0 radical (unpaired) electrons. The van der Waals surface area contributed by atoms with Gasteiger partial charge in [-0.1, -0.05) is 0 Å². The van der Waals surface area contributed by atoms with Gasteiger partial charge in [-0.2, -0.15) is 0 Å². The van der Waals surface area contributed by atoms with Crippen LogP contribution in [-0.4, -0.2) is 23.2 Å². The molecular formula is C7H11NO2. The van der Waals surface area contributed by atoms with Gasteiger partial charge >= 0.3 is 5.97 Å². The molecule has 2 fully saturated rings. The molecule has 1 aliphatic heterocycles. The van der Waals surface area contributed by atoms with Crippen LogP contribution in [0.25, 0.3) is 0 Å². The third-order valence-corrected chi connectivity index (χ3v) is 2.67. The zero-order chi connectivity index (χ0) is 7.14. The molecule has 0 aromatic rings. The highest BCUT2D eigenvalue weighted by molar-refractivity contribution is 5.74. The number of hydrogen-bond donors (Lipinski definition) is 2. The summed E-state index contributed by atoms with van der Waals surface area (Å²) in [6.45, 7) is 0. The monoisotopic (exact) mass is 141 g/mol. The van der Waals surface area contributed by atoms with E-state index in [0.717, 1.165) is 6.42 Å². The zero-order valence-electron chi connectivity index (χ0n) is 5.71. The van der Waals surface area contributed by atoms with Gasteiger partial charge in [0.05, 0.1) is 0 Å². The van der Waals surface area contributed by atoms with Crippen molar-refractivity contribution in [1.29, 1.82) is 0 Å². The lowest BCUT2D eigenvalue weighted by Gasteiger charge is -2.29. The molecule has 3 unspecified atom stereocenters. The minimum atomic E-state index is -0.686. The average molecular weight is 141 g/mol. The van der Waals surface area contributed by atoms with Crippen molar-refractivity contribution in [3.8, 4) is 0 Å². The van der Waals surface area contributed by atoms with Gasteiger partial charge in [0.1, 0.15) is 6.04 Å². The summed E-state index contributed by atoms with van der Waals surface area (Å²) in [5, 5.41) is 11.7. The Kier molecular flexibility index (Phi) is 1.20. The quantitative estimate of drug-likeness (QED) is 0.549. The Morgan fingerprint density at radius 3 is 2.60 bits per heavy atom. The molecule has 2 aliphatic rings. The van der Waals surface area contributed by atoms with E-state index in [1.807, 2.05) is 0 Å². The summed E-state index contributed by atoms with van der Waals surface area (Å²) in [4.78, 5) is 10.5. The molecule has 2 N–H and O–H groups in total. The molecule has 0 bridgehead atoms. The number of aliphatic carboxylic acids is 1. The Morgan fingerprint density at radius 2 is 2.30 bits per heavy atom. The number of nitrogens with one attached hydrogen (secondary N) is 1. The Bertz CT molecular complexity index is 157. The number of hydrogen-bond acceptors (Lipinski definition) is 2. The molecule has 10 heavy (non-hydrogen) atoms. The van der Waals surface area contributed by atoms with Gasteiger partial charge in [-0.3, -0.25) is 4.79 Å². The van der Waals surface area contributed by atoms with Crippen molar-refractivity contribution in [1.82, 2.24) is 5.32 Å². The van der Waals surface area contributed by atoms with Crippen molar-refractivity contribution in [3.05, 3.63) is 0 Å². The lowest BCUT2D eigenvalue weighted by atomic mass is 9.80. The Labute approximate surface area is 59.4 Å². The fraction of sp³-hybridized carbons (Fsp3) is 0.857. The van der Waals surface area contributed by atoms with Crippen molar-refractivity contribution in [2.24, 2.45) is 5.92 Å². The fourth-order valence-electron chi connectivity index (χ4n) is 1.87. The smallest absolute Gasteiger partial charge is 0.320 e. The van der Waals surface area contributed by atoms with Crippen LogP contribution in [-0.2, 0) is 4.79 Å². The lowest BCUT2D eigenvalue weighted by Crippen LogP contribution is -2.39. The van der Waals surface area contributed by atoms with Crippen LogP contribution in [0.15, 0.2) is 0 Å². The SMILES string of the molecule is O=C(O)C1CC2CCC2N1. The van der Waals surface area contributed by atoms with Crippen LogP contribution in [0.2, 0.25) is 0 Å². The summed E-state index contributed by atoms with van der Waals surface area (Å²) < 4.78 is 0. The van der Waals surface area contributed by atoms with Crippen LogP contribution in [0.3, 0.4) is 0 Å². The molecule has 1 heterocycles. The molecule has 3 heteroatoms. The molecule has 1 saturated carbocycles. The first-order chi connectivity index (χ1) is 4.77. The average Bonchev–Trinajstić information content (AvgIpc) is 2.09. The third-order valence-electron chi connectivity index (χ3n) is 2.67. The standard InChI is InChI=1S/C7H11NO2/c9-7(10)6-3-4-1-2-5(4)8-6/h4-6,8H,1-3H2,(H,9,10). The summed E-state index contributed by atoms with van der Waals surface area (Å²) in [6, 6.07) is 0.276. The van der Waals surface area contributed by atoms with Gasteiger partial charge in [-0.25, -0.2) is 0 Å². The van der Waals surface area contributed by atoms with Crippen molar-refractivity contribution in [2.75, 3.05) is 0 Å². The van der Waals surface area contributed by atoms with Crippen LogP contribution < -0.4 is 5.32 Å². The van der Waals surface area contributed by atoms with Crippen molar-refractivity contribution in [3.63, 3.8) is 0 Å². The predicted octanol–water partition coefficient (Wildman–Crippen LogP) is 0.212. The second-order valence-electron chi connectivity index (χ2n) is 3.24. The van der Waals surface area contributed by atoms with E-state index in [0.29, 0.717) is 12.0 Å². The largest absolute Gasteiger partial charge is 0.480 e. The van der Waals surface area contributed by atoms with Gasteiger partial charge in [0.15, 0.2) is 0 Å². The number of rotatable bonds is 1. The van der Waals surface area contributed by atoms with Gasteiger partial charge in [-0.15, -0.1) is 0 Å². The van der Waals surface area contributed by atoms with E-state index in [1.54, 1.807) is 0 Å². The fourth-order valence-corrected chi connectivity index (χ4v) is 1.87. The van der Waals surface area contributed by atoms with Gasteiger partial charge in [0, 0.05) is 6.04 Å². The third kappa shape index (κ3) is 0.736. The van der Waals surface area contributed by atoms with E-state index < -0.39 is 5.97 Å². The minimum Gasteiger partial charge on any atom is -0.480 e. The Hall–Kier alpha value is -0.570. The summed E-state index contributed by atoms with van der Waals surface area (Å²) in [7, 11) is 0. The molecule has 56 valence electrons. The van der Waals surface area contributed by atoms with E-state index in [2.05, 4.69) is 5.32 Å². The minimum absolute atomic E-state index is 0.252. The molecule has 3 atom stereocenters. The van der Waals surface area contributed by atoms with E-state index in [1.165, 1.54) is 12.8 Å². The number of fused-ring (bicyclic) bond motifs is 1. The van der Waals surface area contributed by atoms with Gasteiger partial charge in [-0.05, 0) is 25.2 Å². The number of carboxylic acids is 1. The maximum absolute atomic E-state index is 10.5. The summed E-state index contributed by atoms with van der Waals surface area (Å²) >= 11 is 0. The zero-order valence-corrected chi connectivity index (χ0v) is 5.71. The molecule has 1 saturated heterocycles. The normalized spacial score (nSPS) is 44.2. The van der Waals surface area contributed by atoms with Crippen molar-refractivity contribution < 1.29 is 9.90 Å². The first kappa shape index (κ1) is 6.16. The summed E-state index contributed by atoms with van der Waals surface area (Å²) in [6.07, 6.45) is 3.25. The Morgan fingerprint density at radius 1 is 1.50 bits per heavy atom.